The van der Waals surface area contributed by atoms with Gasteiger partial charge in [-0.3, -0.25) is 4.79 Å². The highest BCUT2D eigenvalue weighted by molar-refractivity contribution is 8.00. The van der Waals surface area contributed by atoms with Gasteiger partial charge in [-0.1, -0.05) is 23.4 Å². The third-order valence-corrected chi connectivity index (χ3v) is 5.41. The van der Waals surface area contributed by atoms with E-state index in [-0.39, 0.29) is 11.2 Å². The minimum atomic E-state index is -0.337. The molecule has 0 bridgehead atoms. The van der Waals surface area contributed by atoms with Gasteiger partial charge < -0.3 is 9.88 Å². The molecule has 1 atom stereocenters. The number of aromatic nitrogens is 3. The average molecular weight is 376 g/mol. The summed E-state index contributed by atoms with van der Waals surface area (Å²) in [6, 6.07) is 6.83. The highest BCUT2D eigenvalue weighted by Crippen LogP contribution is 2.40. The Morgan fingerprint density at radius 2 is 2.28 bits per heavy atom. The van der Waals surface area contributed by atoms with Gasteiger partial charge in [0.2, 0.25) is 5.91 Å². The first-order chi connectivity index (χ1) is 12.0. The summed E-state index contributed by atoms with van der Waals surface area (Å²) in [6.45, 7) is 4.68. The van der Waals surface area contributed by atoms with Gasteiger partial charge in [0.1, 0.15) is 11.9 Å². The molecule has 1 aliphatic carbocycles. The van der Waals surface area contributed by atoms with Crippen molar-refractivity contribution >= 4 is 35.0 Å². The Hall–Kier alpha value is -2.04. The van der Waals surface area contributed by atoms with Gasteiger partial charge in [0, 0.05) is 18.2 Å². The monoisotopic (exact) mass is 375 g/mol. The van der Waals surface area contributed by atoms with Crippen LogP contribution in [0.4, 0.5) is 5.69 Å². The minimum absolute atomic E-state index is 0.149. The summed E-state index contributed by atoms with van der Waals surface area (Å²) < 4.78 is 2.09. The second-order valence-electron chi connectivity index (χ2n) is 5.92. The minimum Gasteiger partial charge on any atom is -0.325 e. The van der Waals surface area contributed by atoms with Gasteiger partial charge in [0.05, 0.1) is 15.8 Å². The van der Waals surface area contributed by atoms with Crippen molar-refractivity contribution in [2.75, 3.05) is 5.32 Å². The Kier molecular flexibility index (Phi) is 5.30. The molecule has 1 saturated carbocycles. The van der Waals surface area contributed by atoms with Crippen LogP contribution in [-0.4, -0.2) is 25.9 Å². The molecular formula is C17H18ClN5OS. The van der Waals surface area contributed by atoms with Crippen LogP contribution in [0.2, 0.25) is 5.02 Å². The smallest absolute Gasteiger partial charge is 0.237 e. The van der Waals surface area contributed by atoms with E-state index in [1.165, 1.54) is 11.8 Å². The average Bonchev–Trinajstić information content (AvgIpc) is 3.36. The van der Waals surface area contributed by atoms with Gasteiger partial charge >= 0.3 is 0 Å². The molecule has 6 nitrogen and oxygen atoms in total. The zero-order valence-corrected chi connectivity index (χ0v) is 15.6. The molecule has 1 amide bonds. The van der Waals surface area contributed by atoms with E-state index in [0.29, 0.717) is 22.2 Å². The number of benzene rings is 1. The lowest BCUT2D eigenvalue weighted by Gasteiger charge is -2.13. The maximum absolute atomic E-state index is 12.4. The fraction of sp³-hybridized carbons (Fsp3) is 0.412. The van der Waals surface area contributed by atoms with Crippen LogP contribution < -0.4 is 5.32 Å². The van der Waals surface area contributed by atoms with Crippen LogP contribution in [-0.2, 0) is 11.3 Å². The summed E-state index contributed by atoms with van der Waals surface area (Å²) in [5.41, 5.74) is 0.947. The van der Waals surface area contributed by atoms with Crippen LogP contribution in [0.15, 0.2) is 23.4 Å². The predicted octanol–water partition coefficient (Wildman–Crippen LogP) is 3.82. The molecule has 25 heavy (non-hydrogen) atoms. The van der Waals surface area contributed by atoms with Gasteiger partial charge in [-0.05, 0) is 44.9 Å². The molecule has 1 N–H and O–H groups in total. The van der Waals surface area contributed by atoms with Crippen LogP contribution in [0.1, 0.15) is 44.0 Å². The van der Waals surface area contributed by atoms with E-state index in [2.05, 4.69) is 27.0 Å². The summed E-state index contributed by atoms with van der Waals surface area (Å²) >= 11 is 7.39. The van der Waals surface area contributed by atoms with Gasteiger partial charge in [0.15, 0.2) is 5.16 Å². The van der Waals surface area contributed by atoms with Crippen molar-refractivity contribution in [1.82, 2.24) is 14.8 Å². The Bertz CT molecular complexity index is 840. The van der Waals surface area contributed by atoms with Crippen LogP contribution in [0.5, 0.6) is 0 Å². The standard InChI is InChI=1S/C17H18ClN5OS/c1-3-23-15(11-4-5-11)21-22-17(23)25-10(2)16(24)20-13-7-6-12(9-19)14(18)8-13/h6-8,10-11H,3-5H2,1-2H3,(H,20,24)/t10-/m1/s1. The molecule has 0 spiro atoms. The van der Waals surface area contributed by atoms with E-state index >= 15 is 0 Å². The number of rotatable bonds is 6. The molecule has 1 fully saturated rings. The lowest BCUT2D eigenvalue weighted by molar-refractivity contribution is -0.115. The predicted molar refractivity (Wildman–Crippen MR) is 97.8 cm³/mol. The van der Waals surface area contributed by atoms with Crippen LogP contribution in [0.3, 0.4) is 0 Å². The van der Waals surface area contributed by atoms with Crippen molar-refractivity contribution in [1.29, 1.82) is 5.26 Å². The molecule has 0 radical (unpaired) electrons. The van der Waals surface area contributed by atoms with Crippen LogP contribution >= 0.6 is 23.4 Å². The molecule has 0 unspecified atom stereocenters. The topological polar surface area (TPSA) is 83.6 Å². The Labute approximate surface area is 155 Å². The van der Waals surface area contributed by atoms with E-state index < -0.39 is 0 Å². The van der Waals surface area contributed by atoms with Crippen LogP contribution in [0.25, 0.3) is 0 Å². The number of carbonyl (C=O) groups excluding carboxylic acids is 1. The number of halogens is 1. The SMILES string of the molecule is CCn1c(S[C@H](C)C(=O)Nc2ccc(C#N)c(Cl)c2)nnc1C1CC1. The zero-order valence-electron chi connectivity index (χ0n) is 14.0. The third-order valence-electron chi connectivity index (χ3n) is 4.01. The number of nitriles is 1. The molecule has 1 aromatic heterocycles. The summed E-state index contributed by atoms with van der Waals surface area (Å²) in [7, 11) is 0. The number of hydrogen-bond donors (Lipinski definition) is 1. The first-order valence-corrected chi connectivity index (χ1v) is 9.39. The molecule has 130 valence electrons. The molecule has 0 saturated heterocycles. The summed E-state index contributed by atoms with van der Waals surface area (Å²) in [4.78, 5) is 12.4. The Morgan fingerprint density at radius 1 is 1.52 bits per heavy atom. The number of hydrogen-bond acceptors (Lipinski definition) is 5. The van der Waals surface area contributed by atoms with Gasteiger partial charge in [-0.2, -0.15) is 5.26 Å². The molecule has 3 rings (SSSR count). The number of nitrogens with one attached hydrogen (secondary N) is 1. The van der Waals surface area contributed by atoms with E-state index in [1.54, 1.807) is 18.2 Å². The highest BCUT2D eigenvalue weighted by atomic mass is 35.5. The number of amides is 1. The van der Waals surface area contributed by atoms with E-state index in [9.17, 15) is 4.79 Å². The van der Waals surface area contributed by atoms with E-state index in [1.807, 2.05) is 13.0 Å². The molecule has 1 aliphatic rings. The van der Waals surface area contributed by atoms with Crippen molar-refractivity contribution in [3.05, 3.63) is 34.6 Å². The maximum Gasteiger partial charge on any atom is 0.237 e. The Balaban J connectivity index is 1.67. The summed E-state index contributed by atoms with van der Waals surface area (Å²) in [6.07, 6.45) is 2.33. The third kappa shape index (κ3) is 3.97. The number of nitrogens with zero attached hydrogens (tertiary/aromatic N) is 4. The Morgan fingerprint density at radius 3 is 2.88 bits per heavy atom. The van der Waals surface area contributed by atoms with Crippen molar-refractivity contribution < 1.29 is 4.79 Å². The van der Waals surface area contributed by atoms with Gasteiger partial charge in [-0.15, -0.1) is 10.2 Å². The van der Waals surface area contributed by atoms with Crippen molar-refractivity contribution in [2.24, 2.45) is 0 Å². The maximum atomic E-state index is 12.4. The molecule has 0 aliphatic heterocycles. The quantitative estimate of drug-likeness (QED) is 0.776. The molecule has 2 aromatic rings. The summed E-state index contributed by atoms with van der Waals surface area (Å²) in [5.74, 6) is 1.40. The number of thioether (sulfide) groups is 1. The van der Waals surface area contributed by atoms with Crippen LogP contribution in [0, 0.1) is 11.3 Å². The lowest BCUT2D eigenvalue weighted by Crippen LogP contribution is -2.23. The van der Waals surface area contributed by atoms with E-state index in [4.69, 9.17) is 16.9 Å². The fourth-order valence-corrected chi connectivity index (χ4v) is 3.61. The molecule has 1 aromatic carbocycles. The fourth-order valence-electron chi connectivity index (χ4n) is 2.47. The number of anilines is 1. The van der Waals surface area contributed by atoms with Crippen molar-refractivity contribution in [2.45, 2.75) is 49.6 Å². The van der Waals surface area contributed by atoms with Gasteiger partial charge in [0.25, 0.3) is 0 Å². The van der Waals surface area contributed by atoms with Crippen molar-refractivity contribution in [3.63, 3.8) is 0 Å². The largest absolute Gasteiger partial charge is 0.325 e. The second kappa shape index (κ2) is 7.46. The normalized spacial score (nSPS) is 14.8. The second-order valence-corrected chi connectivity index (χ2v) is 7.63. The van der Waals surface area contributed by atoms with Crippen molar-refractivity contribution in [3.8, 4) is 6.07 Å². The van der Waals surface area contributed by atoms with E-state index in [0.717, 1.165) is 30.4 Å². The first kappa shape index (κ1) is 17.8. The highest BCUT2D eigenvalue weighted by Gasteiger charge is 2.30. The van der Waals surface area contributed by atoms with Gasteiger partial charge in [-0.25, -0.2) is 0 Å². The number of carbonyl (C=O) groups is 1. The molecular weight excluding hydrogens is 358 g/mol. The summed E-state index contributed by atoms with van der Waals surface area (Å²) in [5, 5.41) is 21.0. The first-order valence-electron chi connectivity index (χ1n) is 8.13. The lowest BCUT2D eigenvalue weighted by atomic mass is 10.2. The molecule has 1 heterocycles. The zero-order chi connectivity index (χ0) is 18.0. The molecule has 8 heteroatoms.